The average molecular weight is 457 g/mol. The zero-order valence-electron chi connectivity index (χ0n) is 21.6. The Morgan fingerprint density at radius 1 is 0.935 bits per heavy atom. The molecule has 1 rings (SSSR count). The molecule has 5 nitrogen and oxygen atoms in total. The molecule has 1 unspecified atom stereocenters. The van der Waals surface area contributed by atoms with E-state index in [0.29, 0.717) is 17.0 Å². The Morgan fingerprint density at radius 3 is 1.77 bits per heavy atom. The fourth-order valence-corrected chi connectivity index (χ4v) is 7.31. The van der Waals surface area contributed by atoms with Gasteiger partial charge in [-0.05, 0) is 65.9 Å². The number of ether oxygens (including phenoxy) is 1. The number of hydrogen-bond donors (Lipinski definition) is 2. The molecule has 0 aliphatic carbocycles. The van der Waals surface area contributed by atoms with E-state index in [4.69, 9.17) is 4.74 Å². The Hall–Kier alpha value is -1.27. The van der Waals surface area contributed by atoms with Gasteiger partial charge in [-0.15, -0.1) is 0 Å². The zero-order chi connectivity index (χ0) is 24.7. The first kappa shape index (κ1) is 27.8. The van der Waals surface area contributed by atoms with Crippen molar-refractivity contribution in [2.24, 2.45) is 22.2 Å². The Balaban J connectivity index is 4.20. The monoisotopic (exact) mass is 456 g/mol. The maximum absolute atomic E-state index is 12.6. The van der Waals surface area contributed by atoms with E-state index in [9.17, 15) is 18.1 Å². The van der Waals surface area contributed by atoms with E-state index >= 15 is 0 Å². The van der Waals surface area contributed by atoms with Gasteiger partial charge in [0.25, 0.3) is 10.1 Å². The van der Waals surface area contributed by atoms with Gasteiger partial charge in [-0.2, -0.15) is 8.42 Å². The molecule has 1 aromatic rings. The standard InChI is InChI=1S/C25H44O5S/c1-15(2)13-24(8,9)22(25(10,11)14-23(5,6)7)18-19(26)20(30-12)16(3)17(4)21(18)31(27,28)29/h15,22,26H,13-14H2,1-12H3,(H,27,28,29). The summed E-state index contributed by atoms with van der Waals surface area (Å²) in [5.74, 6) is 0.0818. The van der Waals surface area contributed by atoms with Crippen LogP contribution in [0.25, 0.3) is 0 Å². The third-order valence-electron chi connectivity index (χ3n) is 6.19. The minimum absolute atomic E-state index is 0.0205. The summed E-state index contributed by atoms with van der Waals surface area (Å²) < 4.78 is 41.1. The number of hydrogen-bond acceptors (Lipinski definition) is 4. The minimum atomic E-state index is -4.59. The van der Waals surface area contributed by atoms with Crippen molar-refractivity contribution in [3.63, 3.8) is 0 Å². The molecular weight excluding hydrogens is 412 g/mol. The molecule has 0 radical (unpaired) electrons. The average Bonchev–Trinajstić information content (AvgIpc) is 2.47. The maximum Gasteiger partial charge on any atom is 0.295 e. The highest BCUT2D eigenvalue weighted by molar-refractivity contribution is 7.86. The minimum Gasteiger partial charge on any atom is -0.504 e. The number of phenolic OH excluding ortho intramolecular Hbond substituents is 1. The van der Waals surface area contributed by atoms with E-state index in [0.717, 1.165) is 12.8 Å². The van der Waals surface area contributed by atoms with E-state index in [1.165, 1.54) is 7.11 Å². The van der Waals surface area contributed by atoms with Crippen LogP contribution in [0, 0.1) is 36.0 Å². The second-order valence-corrected chi connectivity index (χ2v) is 13.5. The topological polar surface area (TPSA) is 83.8 Å². The van der Waals surface area contributed by atoms with Crippen LogP contribution < -0.4 is 4.74 Å². The van der Waals surface area contributed by atoms with Gasteiger partial charge in [0, 0.05) is 5.56 Å². The summed E-state index contributed by atoms with van der Waals surface area (Å²) in [6, 6.07) is 0. The fourth-order valence-electron chi connectivity index (χ4n) is 6.28. The summed E-state index contributed by atoms with van der Waals surface area (Å²) >= 11 is 0. The van der Waals surface area contributed by atoms with Crippen LogP contribution in [0.15, 0.2) is 4.90 Å². The molecule has 0 amide bonds. The van der Waals surface area contributed by atoms with Crippen LogP contribution in [0.4, 0.5) is 0 Å². The van der Waals surface area contributed by atoms with Crippen LogP contribution in [-0.4, -0.2) is 25.2 Å². The van der Waals surface area contributed by atoms with E-state index in [-0.39, 0.29) is 44.1 Å². The molecule has 2 N–H and O–H groups in total. The molecule has 0 bridgehead atoms. The molecule has 0 aliphatic rings. The normalized spacial score (nSPS) is 14.8. The second-order valence-electron chi connectivity index (χ2n) is 12.1. The van der Waals surface area contributed by atoms with Gasteiger partial charge >= 0.3 is 0 Å². The highest BCUT2D eigenvalue weighted by atomic mass is 32.2. The SMILES string of the molecule is COc1c(C)c(C)c(S(=O)(=O)O)c(C(C(C)(C)CC(C)C)C(C)(C)CC(C)(C)C)c1O. The molecule has 6 heteroatoms. The predicted molar refractivity (Wildman–Crippen MR) is 128 cm³/mol. The van der Waals surface area contributed by atoms with Crippen LogP contribution in [0.5, 0.6) is 11.5 Å². The van der Waals surface area contributed by atoms with E-state index in [1.54, 1.807) is 13.8 Å². The van der Waals surface area contributed by atoms with Crippen LogP contribution >= 0.6 is 0 Å². The molecule has 0 spiro atoms. The van der Waals surface area contributed by atoms with Gasteiger partial charge in [0.05, 0.1) is 7.11 Å². The molecule has 31 heavy (non-hydrogen) atoms. The lowest BCUT2D eigenvalue weighted by atomic mass is 9.56. The molecule has 0 aromatic heterocycles. The largest absolute Gasteiger partial charge is 0.504 e. The second kappa shape index (κ2) is 8.93. The van der Waals surface area contributed by atoms with Crippen molar-refractivity contribution in [3.8, 4) is 11.5 Å². The summed E-state index contributed by atoms with van der Waals surface area (Å²) in [6.07, 6.45) is 1.62. The quantitative estimate of drug-likeness (QED) is 0.416. The van der Waals surface area contributed by atoms with Gasteiger partial charge in [0.15, 0.2) is 11.5 Å². The fraction of sp³-hybridized carbons (Fsp3) is 0.760. The summed E-state index contributed by atoms with van der Waals surface area (Å²) in [5, 5.41) is 11.4. The molecule has 0 fully saturated rings. The predicted octanol–water partition coefficient (Wildman–Crippen LogP) is 6.88. The molecule has 180 valence electrons. The first-order chi connectivity index (χ1) is 13.7. The van der Waals surface area contributed by atoms with Crippen molar-refractivity contribution >= 4 is 10.1 Å². The molecule has 1 aromatic carbocycles. The van der Waals surface area contributed by atoms with Crippen molar-refractivity contribution in [2.45, 2.75) is 99.8 Å². The Kier molecular flexibility index (Phi) is 8.00. The van der Waals surface area contributed by atoms with Gasteiger partial charge in [0.2, 0.25) is 0 Å². The van der Waals surface area contributed by atoms with Crippen molar-refractivity contribution in [1.29, 1.82) is 0 Å². The van der Waals surface area contributed by atoms with Crippen molar-refractivity contribution < 1.29 is 22.8 Å². The van der Waals surface area contributed by atoms with Gasteiger partial charge in [0.1, 0.15) is 4.90 Å². The van der Waals surface area contributed by atoms with Crippen LogP contribution in [0.2, 0.25) is 0 Å². The number of rotatable bonds is 8. The lowest BCUT2D eigenvalue weighted by Crippen LogP contribution is -2.38. The lowest BCUT2D eigenvalue weighted by Gasteiger charge is -2.49. The van der Waals surface area contributed by atoms with Crippen LogP contribution in [0.3, 0.4) is 0 Å². The van der Waals surface area contributed by atoms with Crippen LogP contribution in [0.1, 0.15) is 97.8 Å². The number of methoxy groups -OCH3 is 1. The molecule has 0 saturated carbocycles. The Bertz CT molecular complexity index is 903. The number of benzene rings is 1. The highest BCUT2D eigenvalue weighted by Gasteiger charge is 2.48. The zero-order valence-corrected chi connectivity index (χ0v) is 22.4. The first-order valence-electron chi connectivity index (χ1n) is 11.0. The van der Waals surface area contributed by atoms with Gasteiger partial charge in [-0.25, -0.2) is 0 Å². The summed E-state index contributed by atoms with van der Waals surface area (Å²) in [7, 11) is -3.12. The third-order valence-corrected chi connectivity index (χ3v) is 7.23. The van der Waals surface area contributed by atoms with E-state index in [2.05, 4.69) is 62.3 Å². The van der Waals surface area contributed by atoms with E-state index in [1.807, 2.05) is 0 Å². The Morgan fingerprint density at radius 2 is 1.42 bits per heavy atom. The summed E-state index contributed by atoms with van der Waals surface area (Å²) in [6.45, 7) is 22.6. The van der Waals surface area contributed by atoms with Gasteiger partial charge in [-0.1, -0.05) is 62.3 Å². The maximum atomic E-state index is 12.6. The first-order valence-corrected chi connectivity index (χ1v) is 12.5. The number of phenols is 1. The molecule has 0 saturated heterocycles. The van der Waals surface area contributed by atoms with Crippen molar-refractivity contribution in [3.05, 3.63) is 16.7 Å². The lowest BCUT2D eigenvalue weighted by molar-refractivity contribution is 0.0751. The molecule has 0 aliphatic heterocycles. The van der Waals surface area contributed by atoms with Crippen molar-refractivity contribution in [1.82, 2.24) is 0 Å². The highest BCUT2D eigenvalue weighted by Crippen LogP contribution is 2.59. The molecule has 0 heterocycles. The summed E-state index contributed by atoms with van der Waals surface area (Å²) in [4.78, 5) is -0.188. The molecular formula is C25H44O5S. The van der Waals surface area contributed by atoms with Gasteiger partial charge in [-0.3, -0.25) is 4.55 Å². The van der Waals surface area contributed by atoms with Crippen LogP contribution in [-0.2, 0) is 10.1 Å². The Labute approximate surface area is 190 Å². The summed E-state index contributed by atoms with van der Waals surface area (Å²) in [5.41, 5.74) is 0.400. The number of aromatic hydroxyl groups is 1. The third kappa shape index (κ3) is 6.16. The molecule has 1 atom stereocenters. The van der Waals surface area contributed by atoms with Gasteiger partial charge < -0.3 is 9.84 Å². The smallest absolute Gasteiger partial charge is 0.295 e. The van der Waals surface area contributed by atoms with E-state index < -0.39 is 10.1 Å². The van der Waals surface area contributed by atoms with Crippen molar-refractivity contribution in [2.75, 3.05) is 7.11 Å².